The zero-order chi connectivity index (χ0) is 11.5. The van der Waals surface area contributed by atoms with E-state index in [1.165, 1.54) is 51.6 Å². The predicted octanol–water partition coefficient (Wildman–Crippen LogP) is 2.62. The van der Waals surface area contributed by atoms with E-state index >= 15 is 0 Å². The summed E-state index contributed by atoms with van der Waals surface area (Å²) < 4.78 is 0. The second-order valence-electron chi connectivity index (χ2n) is 6.20. The van der Waals surface area contributed by atoms with E-state index in [1.54, 1.807) is 0 Å². The van der Waals surface area contributed by atoms with Gasteiger partial charge in [0, 0.05) is 12.1 Å². The molecule has 2 atom stereocenters. The van der Waals surface area contributed by atoms with E-state index in [9.17, 15) is 0 Å². The van der Waals surface area contributed by atoms with Gasteiger partial charge in [0.15, 0.2) is 0 Å². The second kappa shape index (κ2) is 5.50. The summed E-state index contributed by atoms with van der Waals surface area (Å²) in [6, 6.07) is 1.34. The molecule has 94 valence electrons. The van der Waals surface area contributed by atoms with Crippen molar-refractivity contribution in [2.45, 2.75) is 64.5 Å². The van der Waals surface area contributed by atoms with Crippen molar-refractivity contribution in [3.63, 3.8) is 0 Å². The number of hydrogen-bond donors (Lipinski definition) is 1. The van der Waals surface area contributed by atoms with Gasteiger partial charge in [-0.25, -0.2) is 0 Å². The summed E-state index contributed by atoms with van der Waals surface area (Å²) in [5.41, 5.74) is 5.98. The van der Waals surface area contributed by atoms with Crippen molar-refractivity contribution in [1.29, 1.82) is 0 Å². The average Bonchev–Trinajstić information content (AvgIpc) is 2.30. The van der Waals surface area contributed by atoms with Crippen molar-refractivity contribution >= 4 is 0 Å². The molecule has 0 spiro atoms. The highest BCUT2D eigenvalue weighted by Gasteiger charge is 2.29. The Hall–Kier alpha value is -0.0800. The van der Waals surface area contributed by atoms with Crippen LogP contribution in [0.25, 0.3) is 0 Å². The van der Waals surface area contributed by atoms with Gasteiger partial charge in [0.05, 0.1) is 0 Å². The number of piperidine rings is 1. The Morgan fingerprint density at radius 2 is 1.75 bits per heavy atom. The Kier molecular flexibility index (Phi) is 4.26. The van der Waals surface area contributed by atoms with Gasteiger partial charge in [0.25, 0.3) is 0 Å². The van der Waals surface area contributed by atoms with Gasteiger partial charge in [-0.05, 0) is 50.6 Å². The van der Waals surface area contributed by atoms with Crippen molar-refractivity contribution in [2.24, 2.45) is 17.6 Å². The topological polar surface area (TPSA) is 29.3 Å². The van der Waals surface area contributed by atoms with Crippen LogP contribution < -0.4 is 5.73 Å². The molecule has 2 unspecified atom stereocenters. The maximum absolute atomic E-state index is 5.98. The first-order chi connectivity index (χ1) is 7.66. The fraction of sp³-hybridized carbons (Fsp3) is 1.00. The van der Waals surface area contributed by atoms with Crippen LogP contribution in [0.5, 0.6) is 0 Å². The van der Waals surface area contributed by atoms with Gasteiger partial charge in [-0.3, -0.25) is 0 Å². The normalized spacial score (nSPS) is 34.5. The summed E-state index contributed by atoms with van der Waals surface area (Å²) in [4.78, 5) is 2.72. The zero-order valence-electron chi connectivity index (χ0n) is 11.0. The molecule has 1 aliphatic carbocycles. The summed E-state index contributed by atoms with van der Waals surface area (Å²) in [5, 5.41) is 0. The van der Waals surface area contributed by atoms with Crippen LogP contribution in [-0.2, 0) is 0 Å². The molecule has 2 rings (SSSR count). The molecule has 0 aromatic carbocycles. The van der Waals surface area contributed by atoms with Crippen LogP contribution in [0, 0.1) is 11.8 Å². The molecule has 2 heteroatoms. The Morgan fingerprint density at radius 1 is 1.06 bits per heavy atom. The van der Waals surface area contributed by atoms with Crippen LogP contribution in [0.2, 0.25) is 0 Å². The molecule has 2 aliphatic rings. The maximum atomic E-state index is 5.98. The smallest absolute Gasteiger partial charge is 0.00980 e. The minimum atomic E-state index is 0.473. The number of hydrogen-bond acceptors (Lipinski definition) is 2. The molecule has 1 aliphatic heterocycles. The van der Waals surface area contributed by atoms with E-state index in [0.29, 0.717) is 6.04 Å². The van der Waals surface area contributed by atoms with Gasteiger partial charge < -0.3 is 10.6 Å². The van der Waals surface area contributed by atoms with Gasteiger partial charge in [-0.1, -0.05) is 26.7 Å². The highest BCUT2D eigenvalue weighted by molar-refractivity contribution is 4.85. The SMILES string of the molecule is CC(C)C1CCCC(N2CCC(N)CC2)C1. The van der Waals surface area contributed by atoms with Crippen molar-refractivity contribution in [1.82, 2.24) is 4.90 Å². The van der Waals surface area contributed by atoms with E-state index < -0.39 is 0 Å². The van der Waals surface area contributed by atoms with Gasteiger partial charge in [-0.15, -0.1) is 0 Å². The molecule has 1 saturated carbocycles. The van der Waals surface area contributed by atoms with Crippen LogP contribution in [-0.4, -0.2) is 30.1 Å². The van der Waals surface area contributed by atoms with Gasteiger partial charge in [-0.2, -0.15) is 0 Å². The Bertz CT molecular complexity index is 207. The highest BCUT2D eigenvalue weighted by Crippen LogP contribution is 2.33. The lowest BCUT2D eigenvalue weighted by Gasteiger charge is -2.41. The minimum absolute atomic E-state index is 0.473. The molecule has 0 radical (unpaired) electrons. The largest absolute Gasteiger partial charge is 0.328 e. The quantitative estimate of drug-likeness (QED) is 0.781. The standard InChI is InChI=1S/C14H28N2/c1-11(2)12-4-3-5-14(10-12)16-8-6-13(15)7-9-16/h11-14H,3-10,15H2,1-2H3. The Morgan fingerprint density at radius 3 is 2.38 bits per heavy atom. The van der Waals surface area contributed by atoms with Crippen molar-refractivity contribution in [2.75, 3.05) is 13.1 Å². The van der Waals surface area contributed by atoms with Crippen molar-refractivity contribution in [3.8, 4) is 0 Å². The monoisotopic (exact) mass is 224 g/mol. The summed E-state index contributed by atoms with van der Waals surface area (Å²) in [7, 11) is 0. The number of likely N-dealkylation sites (tertiary alicyclic amines) is 1. The third kappa shape index (κ3) is 2.98. The Labute approximate surface area is 101 Å². The predicted molar refractivity (Wildman–Crippen MR) is 69.4 cm³/mol. The molecule has 16 heavy (non-hydrogen) atoms. The van der Waals surface area contributed by atoms with Gasteiger partial charge in [0.2, 0.25) is 0 Å². The molecular weight excluding hydrogens is 196 g/mol. The summed E-state index contributed by atoms with van der Waals surface area (Å²) in [5.74, 6) is 1.84. The molecule has 0 bridgehead atoms. The summed E-state index contributed by atoms with van der Waals surface area (Å²) >= 11 is 0. The average molecular weight is 224 g/mol. The molecule has 2 N–H and O–H groups in total. The highest BCUT2D eigenvalue weighted by atomic mass is 15.2. The minimum Gasteiger partial charge on any atom is -0.328 e. The van der Waals surface area contributed by atoms with Crippen molar-refractivity contribution < 1.29 is 0 Å². The second-order valence-corrected chi connectivity index (χ2v) is 6.20. The lowest BCUT2D eigenvalue weighted by atomic mass is 9.78. The fourth-order valence-electron chi connectivity index (χ4n) is 3.42. The van der Waals surface area contributed by atoms with E-state index in [1.807, 2.05) is 0 Å². The number of nitrogens with two attached hydrogens (primary N) is 1. The fourth-order valence-corrected chi connectivity index (χ4v) is 3.42. The first kappa shape index (κ1) is 12.4. The van der Waals surface area contributed by atoms with Gasteiger partial charge in [0.1, 0.15) is 0 Å². The van der Waals surface area contributed by atoms with Crippen LogP contribution in [0.15, 0.2) is 0 Å². The van der Waals surface area contributed by atoms with Crippen molar-refractivity contribution in [3.05, 3.63) is 0 Å². The lowest BCUT2D eigenvalue weighted by molar-refractivity contribution is 0.0908. The Balaban J connectivity index is 1.84. The van der Waals surface area contributed by atoms with Crippen LogP contribution >= 0.6 is 0 Å². The third-order valence-electron chi connectivity index (χ3n) is 4.72. The lowest BCUT2D eigenvalue weighted by Crippen LogP contribution is -2.47. The maximum Gasteiger partial charge on any atom is 0.00980 e. The van der Waals surface area contributed by atoms with Crippen LogP contribution in [0.3, 0.4) is 0 Å². The molecular formula is C14H28N2. The summed E-state index contributed by atoms with van der Waals surface area (Å²) in [6.45, 7) is 7.27. The number of nitrogens with zero attached hydrogens (tertiary/aromatic N) is 1. The molecule has 1 heterocycles. The van der Waals surface area contributed by atoms with E-state index in [0.717, 1.165) is 17.9 Å². The molecule has 0 amide bonds. The molecule has 2 nitrogen and oxygen atoms in total. The molecule has 0 aromatic rings. The molecule has 1 saturated heterocycles. The van der Waals surface area contributed by atoms with Crippen LogP contribution in [0.1, 0.15) is 52.4 Å². The van der Waals surface area contributed by atoms with E-state index in [2.05, 4.69) is 18.7 Å². The zero-order valence-corrected chi connectivity index (χ0v) is 11.0. The molecule has 2 fully saturated rings. The third-order valence-corrected chi connectivity index (χ3v) is 4.72. The first-order valence-corrected chi connectivity index (χ1v) is 7.16. The van der Waals surface area contributed by atoms with E-state index in [4.69, 9.17) is 5.73 Å². The first-order valence-electron chi connectivity index (χ1n) is 7.16. The van der Waals surface area contributed by atoms with Gasteiger partial charge >= 0.3 is 0 Å². The van der Waals surface area contributed by atoms with Crippen LogP contribution in [0.4, 0.5) is 0 Å². The molecule has 0 aromatic heterocycles. The number of rotatable bonds is 2. The summed E-state index contributed by atoms with van der Waals surface area (Å²) in [6.07, 6.45) is 8.19. The van der Waals surface area contributed by atoms with E-state index in [-0.39, 0.29) is 0 Å².